The first-order valence-electron chi connectivity index (χ1n) is 6.20. The zero-order valence-electron chi connectivity index (χ0n) is 9.82. The minimum atomic E-state index is 0.816. The summed E-state index contributed by atoms with van der Waals surface area (Å²) in [6, 6.07) is 5.99. The molecule has 0 bridgehead atoms. The second kappa shape index (κ2) is 4.24. The van der Waals surface area contributed by atoms with Crippen molar-refractivity contribution < 1.29 is 0 Å². The number of hydrogen-bond acceptors (Lipinski definition) is 3. The number of nitrogen functional groups attached to an aromatic ring is 1. The second-order valence-corrected chi connectivity index (χ2v) is 4.80. The fourth-order valence-corrected chi connectivity index (χ4v) is 2.32. The van der Waals surface area contributed by atoms with Gasteiger partial charge < -0.3 is 11.1 Å². The van der Waals surface area contributed by atoms with Crippen molar-refractivity contribution in [1.82, 2.24) is 4.98 Å². The number of pyridine rings is 1. The van der Waals surface area contributed by atoms with Gasteiger partial charge in [0.2, 0.25) is 0 Å². The minimum absolute atomic E-state index is 0.816. The molecule has 0 atom stereocenters. The van der Waals surface area contributed by atoms with Gasteiger partial charge in [0.1, 0.15) is 0 Å². The highest BCUT2D eigenvalue weighted by molar-refractivity contribution is 6.00. The third kappa shape index (κ3) is 1.93. The second-order valence-electron chi connectivity index (χ2n) is 4.80. The number of nitrogens with two attached hydrogens (primary N) is 1. The maximum absolute atomic E-state index is 5.96. The molecular formula is C14H17N3. The lowest BCUT2D eigenvalue weighted by Crippen LogP contribution is -2.20. The van der Waals surface area contributed by atoms with Gasteiger partial charge >= 0.3 is 0 Å². The van der Waals surface area contributed by atoms with Crippen LogP contribution < -0.4 is 11.1 Å². The summed E-state index contributed by atoms with van der Waals surface area (Å²) in [6.07, 6.45) is 7.77. The van der Waals surface area contributed by atoms with Crippen LogP contribution in [0.25, 0.3) is 10.8 Å². The van der Waals surface area contributed by atoms with Gasteiger partial charge in [-0.2, -0.15) is 0 Å². The molecule has 88 valence electrons. The molecule has 3 nitrogen and oxygen atoms in total. The van der Waals surface area contributed by atoms with Gasteiger partial charge in [0, 0.05) is 41.1 Å². The monoisotopic (exact) mass is 227 g/mol. The molecule has 3 rings (SSSR count). The molecule has 1 aliphatic rings. The summed E-state index contributed by atoms with van der Waals surface area (Å²) < 4.78 is 0. The van der Waals surface area contributed by atoms with Crippen LogP contribution in [0.3, 0.4) is 0 Å². The summed E-state index contributed by atoms with van der Waals surface area (Å²) in [7, 11) is 0. The summed E-state index contributed by atoms with van der Waals surface area (Å²) in [6.45, 7) is 1.06. The van der Waals surface area contributed by atoms with E-state index in [0.29, 0.717) is 0 Å². The standard InChI is InChI=1S/C14H17N3/c15-13-4-5-14(17-8-10-2-1-3-10)12-9-16-7-6-11(12)13/h4-7,9-10,17H,1-3,8,15H2. The van der Waals surface area contributed by atoms with Crippen LogP contribution in [0, 0.1) is 5.92 Å². The van der Waals surface area contributed by atoms with E-state index in [1.165, 1.54) is 19.3 Å². The maximum atomic E-state index is 5.96. The number of rotatable bonds is 3. The number of nitrogens with zero attached hydrogens (tertiary/aromatic N) is 1. The molecule has 0 unspecified atom stereocenters. The normalized spacial score (nSPS) is 15.8. The number of hydrogen-bond donors (Lipinski definition) is 2. The van der Waals surface area contributed by atoms with Crippen molar-refractivity contribution in [3.63, 3.8) is 0 Å². The van der Waals surface area contributed by atoms with Crippen LogP contribution in [0.1, 0.15) is 19.3 Å². The van der Waals surface area contributed by atoms with E-state index in [1.54, 1.807) is 6.20 Å². The Morgan fingerprint density at radius 3 is 2.88 bits per heavy atom. The van der Waals surface area contributed by atoms with Gasteiger partial charge in [-0.25, -0.2) is 0 Å². The lowest BCUT2D eigenvalue weighted by molar-refractivity contribution is 0.333. The van der Waals surface area contributed by atoms with Crippen LogP contribution in [-0.2, 0) is 0 Å². The smallest absolute Gasteiger partial charge is 0.0437 e. The SMILES string of the molecule is Nc1ccc(NCC2CCC2)c2cnccc12. The first-order chi connectivity index (χ1) is 8.34. The van der Waals surface area contributed by atoms with Gasteiger partial charge in [-0.1, -0.05) is 6.42 Å². The minimum Gasteiger partial charge on any atom is -0.398 e. The fraction of sp³-hybridized carbons (Fsp3) is 0.357. The van der Waals surface area contributed by atoms with E-state index >= 15 is 0 Å². The molecule has 1 heterocycles. The van der Waals surface area contributed by atoms with Gasteiger partial charge in [-0.3, -0.25) is 4.98 Å². The average molecular weight is 227 g/mol. The van der Waals surface area contributed by atoms with E-state index < -0.39 is 0 Å². The molecule has 0 spiro atoms. The van der Waals surface area contributed by atoms with Crippen molar-refractivity contribution in [2.75, 3.05) is 17.6 Å². The molecule has 1 aromatic heterocycles. The molecule has 1 fully saturated rings. The number of nitrogens with one attached hydrogen (secondary N) is 1. The number of aromatic nitrogens is 1. The molecule has 3 heteroatoms. The summed E-state index contributed by atoms with van der Waals surface area (Å²) in [5.41, 5.74) is 7.93. The van der Waals surface area contributed by atoms with Crippen LogP contribution in [0.4, 0.5) is 11.4 Å². The highest BCUT2D eigenvalue weighted by atomic mass is 14.9. The van der Waals surface area contributed by atoms with Crippen LogP contribution >= 0.6 is 0 Å². The Kier molecular flexibility index (Phi) is 2.59. The number of benzene rings is 1. The van der Waals surface area contributed by atoms with Gasteiger partial charge in [0.15, 0.2) is 0 Å². The number of anilines is 2. The number of fused-ring (bicyclic) bond motifs is 1. The van der Waals surface area contributed by atoms with Crippen LogP contribution in [-0.4, -0.2) is 11.5 Å². The molecule has 1 saturated carbocycles. The predicted octanol–water partition coefficient (Wildman–Crippen LogP) is 3.03. The van der Waals surface area contributed by atoms with E-state index in [9.17, 15) is 0 Å². The van der Waals surface area contributed by atoms with Gasteiger partial charge in [0.25, 0.3) is 0 Å². The quantitative estimate of drug-likeness (QED) is 0.792. The topological polar surface area (TPSA) is 50.9 Å². The molecule has 3 N–H and O–H groups in total. The van der Waals surface area contributed by atoms with E-state index in [4.69, 9.17) is 5.73 Å². The van der Waals surface area contributed by atoms with Gasteiger partial charge in [-0.15, -0.1) is 0 Å². The summed E-state index contributed by atoms with van der Waals surface area (Å²) in [4.78, 5) is 4.18. The van der Waals surface area contributed by atoms with Crippen molar-refractivity contribution in [1.29, 1.82) is 0 Å². The van der Waals surface area contributed by atoms with E-state index in [1.807, 2.05) is 18.3 Å². The zero-order valence-corrected chi connectivity index (χ0v) is 9.82. The summed E-state index contributed by atoms with van der Waals surface area (Å²) in [5, 5.41) is 5.72. The predicted molar refractivity (Wildman–Crippen MR) is 72.0 cm³/mol. The first-order valence-corrected chi connectivity index (χ1v) is 6.20. The van der Waals surface area contributed by atoms with E-state index in [0.717, 1.165) is 34.6 Å². The summed E-state index contributed by atoms with van der Waals surface area (Å²) >= 11 is 0. The van der Waals surface area contributed by atoms with Crippen molar-refractivity contribution >= 4 is 22.1 Å². The lowest BCUT2D eigenvalue weighted by atomic mass is 9.85. The van der Waals surface area contributed by atoms with Crippen molar-refractivity contribution in [3.05, 3.63) is 30.6 Å². The molecule has 0 radical (unpaired) electrons. The molecule has 0 saturated heterocycles. The van der Waals surface area contributed by atoms with Crippen molar-refractivity contribution in [2.24, 2.45) is 5.92 Å². The maximum Gasteiger partial charge on any atom is 0.0437 e. The molecule has 2 aromatic rings. The lowest BCUT2D eigenvalue weighted by Gasteiger charge is -2.26. The Bertz CT molecular complexity index is 532. The van der Waals surface area contributed by atoms with Crippen LogP contribution in [0.15, 0.2) is 30.6 Å². The van der Waals surface area contributed by atoms with Gasteiger partial charge in [0.05, 0.1) is 0 Å². The van der Waals surface area contributed by atoms with Gasteiger partial charge in [-0.05, 0) is 37.0 Å². The fourth-order valence-electron chi connectivity index (χ4n) is 2.32. The Hall–Kier alpha value is -1.77. The largest absolute Gasteiger partial charge is 0.398 e. The Balaban J connectivity index is 1.90. The third-order valence-electron chi connectivity index (χ3n) is 3.66. The Morgan fingerprint density at radius 1 is 1.24 bits per heavy atom. The highest BCUT2D eigenvalue weighted by Crippen LogP contribution is 2.30. The molecule has 0 amide bonds. The van der Waals surface area contributed by atoms with Crippen molar-refractivity contribution in [2.45, 2.75) is 19.3 Å². The third-order valence-corrected chi connectivity index (χ3v) is 3.66. The zero-order chi connectivity index (χ0) is 11.7. The molecule has 1 aromatic carbocycles. The van der Waals surface area contributed by atoms with Crippen LogP contribution in [0.2, 0.25) is 0 Å². The molecule has 1 aliphatic carbocycles. The Morgan fingerprint density at radius 2 is 2.12 bits per heavy atom. The van der Waals surface area contributed by atoms with Crippen LogP contribution in [0.5, 0.6) is 0 Å². The summed E-state index contributed by atoms with van der Waals surface area (Å²) in [5.74, 6) is 0.847. The van der Waals surface area contributed by atoms with E-state index in [-0.39, 0.29) is 0 Å². The van der Waals surface area contributed by atoms with Crippen molar-refractivity contribution in [3.8, 4) is 0 Å². The average Bonchev–Trinajstić information content (AvgIpc) is 2.30. The first kappa shape index (κ1) is 10.4. The molecule has 0 aliphatic heterocycles. The highest BCUT2D eigenvalue weighted by Gasteiger charge is 2.17. The molecular weight excluding hydrogens is 210 g/mol. The Labute approximate surface area is 101 Å². The van der Waals surface area contributed by atoms with E-state index in [2.05, 4.69) is 16.4 Å². The molecule has 17 heavy (non-hydrogen) atoms.